The van der Waals surface area contributed by atoms with Gasteiger partial charge in [-0.3, -0.25) is 4.79 Å². The van der Waals surface area contributed by atoms with E-state index in [0.29, 0.717) is 38.5 Å². The van der Waals surface area contributed by atoms with Gasteiger partial charge in [0.05, 0.1) is 5.92 Å². The van der Waals surface area contributed by atoms with Crippen molar-refractivity contribution in [2.45, 2.75) is 52.6 Å². The third-order valence-electron chi connectivity index (χ3n) is 4.20. The Hall–Kier alpha value is -1.78. The van der Waals surface area contributed by atoms with Crippen molar-refractivity contribution in [2.75, 3.05) is 19.7 Å². The molecule has 24 heavy (non-hydrogen) atoms. The number of nitrogens with zero attached hydrogens (tertiary/aromatic N) is 1. The topological polar surface area (TPSA) is 55.8 Å². The number of amides is 1. The Morgan fingerprint density at radius 2 is 1.92 bits per heavy atom. The molecule has 0 bridgehead atoms. The van der Waals surface area contributed by atoms with Crippen molar-refractivity contribution in [2.24, 2.45) is 11.8 Å². The molecule has 1 saturated heterocycles. The lowest BCUT2D eigenvalue weighted by Gasteiger charge is -2.32. The Labute approximate surface area is 144 Å². The molecule has 0 radical (unpaired) electrons. The van der Waals surface area contributed by atoms with Crippen molar-refractivity contribution in [3.63, 3.8) is 0 Å². The van der Waals surface area contributed by atoms with Gasteiger partial charge in [-0.1, -0.05) is 25.2 Å². The van der Waals surface area contributed by atoms with E-state index in [9.17, 15) is 9.59 Å². The van der Waals surface area contributed by atoms with E-state index >= 15 is 0 Å². The fraction of sp³-hybridized carbons (Fsp3) is 0.684. The minimum Gasteiger partial charge on any atom is -0.461 e. The molecule has 134 valence electrons. The van der Waals surface area contributed by atoms with Gasteiger partial charge in [0.1, 0.15) is 12.2 Å². The fourth-order valence-electron chi connectivity index (χ4n) is 2.92. The summed E-state index contributed by atoms with van der Waals surface area (Å²) in [6, 6.07) is 0. The van der Waals surface area contributed by atoms with E-state index in [1.165, 1.54) is 0 Å². The lowest BCUT2D eigenvalue weighted by Crippen LogP contribution is -2.43. The largest absolute Gasteiger partial charge is 0.461 e. The van der Waals surface area contributed by atoms with Crippen LogP contribution >= 0.6 is 0 Å². The van der Waals surface area contributed by atoms with Gasteiger partial charge in [0.2, 0.25) is 0 Å². The van der Waals surface area contributed by atoms with Crippen molar-refractivity contribution in [3.05, 3.63) is 23.8 Å². The molecule has 2 rings (SSSR count). The predicted molar refractivity (Wildman–Crippen MR) is 92.5 cm³/mol. The van der Waals surface area contributed by atoms with E-state index in [2.05, 4.69) is 19.1 Å². The van der Waals surface area contributed by atoms with Gasteiger partial charge in [-0.05, 0) is 51.5 Å². The molecule has 0 aromatic rings. The molecule has 0 N–H and O–H groups in total. The SMILES string of the molecule is CC1C=C(COC(=O)C2CCN(C(=O)OC(C)(C)C)CC2)C=CC1. The third-order valence-corrected chi connectivity index (χ3v) is 4.20. The number of allylic oxidation sites excluding steroid dienone is 2. The second kappa shape index (κ2) is 7.86. The molecular formula is C19H29NO4. The monoisotopic (exact) mass is 335 g/mol. The second-order valence-electron chi connectivity index (χ2n) is 7.71. The van der Waals surface area contributed by atoms with Crippen molar-refractivity contribution in [1.29, 1.82) is 0 Å². The molecule has 2 aliphatic rings. The predicted octanol–water partition coefficient (Wildman–Crippen LogP) is 3.70. The zero-order chi connectivity index (χ0) is 17.7. The summed E-state index contributed by atoms with van der Waals surface area (Å²) in [5.41, 5.74) is 0.568. The van der Waals surface area contributed by atoms with Gasteiger partial charge in [-0.15, -0.1) is 0 Å². The fourth-order valence-corrected chi connectivity index (χ4v) is 2.92. The average molecular weight is 335 g/mol. The number of likely N-dealkylation sites (tertiary alicyclic amines) is 1. The minimum atomic E-state index is -0.495. The molecule has 5 nitrogen and oxygen atoms in total. The second-order valence-corrected chi connectivity index (χ2v) is 7.71. The molecule has 0 spiro atoms. The number of carbonyl (C=O) groups is 2. The molecule has 1 fully saturated rings. The van der Waals surface area contributed by atoms with E-state index < -0.39 is 5.60 Å². The van der Waals surface area contributed by atoms with Gasteiger partial charge >= 0.3 is 12.1 Å². The van der Waals surface area contributed by atoms with Crippen LogP contribution in [0.2, 0.25) is 0 Å². The highest BCUT2D eigenvalue weighted by Gasteiger charge is 2.30. The Kier molecular flexibility index (Phi) is 6.08. The van der Waals surface area contributed by atoms with Crippen LogP contribution in [0.5, 0.6) is 0 Å². The number of ether oxygens (including phenoxy) is 2. The summed E-state index contributed by atoms with van der Waals surface area (Å²) in [4.78, 5) is 25.9. The number of hydrogen-bond donors (Lipinski definition) is 0. The van der Waals surface area contributed by atoms with Gasteiger partial charge in [0.15, 0.2) is 0 Å². The Bertz CT molecular complexity index is 522. The molecule has 1 aliphatic carbocycles. The first-order chi connectivity index (χ1) is 11.2. The summed E-state index contributed by atoms with van der Waals surface area (Å²) in [6.45, 7) is 9.12. The molecule has 1 aliphatic heterocycles. The summed E-state index contributed by atoms with van der Waals surface area (Å²) in [5, 5.41) is 0. The number of hydrogen-bond acceptors (Lipinski definition) is 4. The molecule has 1 unspecified atom stereocenters. The molecule has 0 aromatic heterocycles. The van der Waals surface area contributed by atoms with E-state index in [0.717, 1.165) is 12.0 Å². The molecule has 0 saturated carbocycles. The maximum Gasteiger partial charge on any atom is 0.410 e. The molecule has 0 aromatic carbocycles. The van der Waals surface area contributed by atoms with Gasteiger partial charge in [0, 0.05) is 13.1 Å². The van der Waals surface area contributed by atoms with E-state index in [1.54, 1.807) is 4.90 Å². The van der Waals surface area contributed by atoms with Crippen molar-refractivity contribution >= 4 is 12.1 Å². The van der Waals surface area contributed by atoms with E-state index in [-0.39, 0.29) is 18.0 Å². The Morgan fingerprint density at radius 3 is 2.50 bits per heavy atom. The maximum absolute atomic E-state index is 12.2. The van der Waals surface area contributed by atoms with Crippen molar-refractivity contribution in [1.82, 2.24) is 4.90 Å². The molecule has 5 heteroatoms. The average Bonchev–Trinajstić information content (AvgIpc) is 2.51. The summed E-state index contributed by atoms with van der Waals surface area (Å²) in [6.07, 6.45) is 8.29. The first-order valence-electron chi connectivity index (χ1n) is 8.76. The van der Waals surface area contributed by atoms with Gasteiger partial charge in [-0.25, -0.2) is 4.79 Å². The lowest BCUT2D eigenvalue weighted by atomic mass is 9.97. The third kappa shape index (κ3) is 5.69. The number of carbonyl (C=O) groups excluding carboxylic acids is 2. The van der Waals surface area contributed by atoms with E-state index in [4.69, 9.17) is 9.47 Å². The molecule has 1 heterocycles. The van der Waals surface area contributed by atoms with Crippen LogP contribution < -0.4 is 0 Å². The summed E-state index contributed by atoms with van der Waals surface area (Å²) in [7, 11) is 0. The van der Waals surface area contributed by atoms with Crippen LogP contribution in [-0.4, -0.2) is 42.3 Å². The summed E-state index contributed by atoms with van der Waals surface area (Å²) in [5.74, 6) is 0.210. The first-order valence-corrected chi connectivity index (χ1v) is 8.76. The highest BCUT2D eigenvalue weighted by molar-refractivity contribution is 5.74. The summed E-state index contributed by atoms with van der Waals surface area (Å²) < 4.78 is 10.8. The Balaban J connectivity index is 1.74. The summed E-state index contributed by atoms with van der Waals surface area (Å²) >= 11 is 0. The number of rotatable bonds is 3. The van der Waals surface area contributed by atoms with Crippen molar-refractivity contribution in [3.8, 4) is 0 Å². The van der Waals surface area contributed by atoms with Gasteiger partial charge in [0.25, 0.3) is 0 Å². The minimum absolute atomic E-state index is 0.130. The number of esters is 1. The van der Waals surface area contributed by atoms with Crippen LogP contribution in [0.3, 0.4) is 0 Å². The molecule has 1 amide bonds. The smallest absolute Gasteiger partial charge is 0.410 e. The maximum atomic E-state index is 12.2. The van der Waals surface area contributed by atoms with E-state index in [1.807, 2.05) is 26.8 Å². The van der Waals surface area contributed by atoms with Gasteiger partial charge < -0.3 is 14.4 Å². The number of piperidine rings is 1. The normalized spacial score (nSPS) is 22.1. The van der Waals surface area contributed by atoms with Crippen LogP contribution in [0.15, 0.2) is 23.8 Å². The Morgan fingerprint density at radius 1 is 1.25 bits per heavy atom. The van der Waals surface area contributed by atoms with Crippen LogP contribution in [0.1, 0.15) is 47.0 Å². The van der Waals surface area contributed by atoms with Crippen LogP contribution in [0.25, 0.3) is 0 Å². The zero-order valence-corrected chi connectivity index (χ0v) is 15.2. The highest BCUT2D eigenvalue weighted by atomic mass is 16.6. The van der Waals surface area contributed by atoms with Crippen LogP contribution in [-0.2, 0) is 14.3 Å². The quantitative estimate of drug-likeness (QED) is 0.738. The molecular weight excluding hydrogens is 306 g/mol. The van der Waals surface area contributed by atoms with Crippen LogP contribution in [0, 0.1) is 11.8 Å². The van der Waals surface area contributed by atoms with Gasteiger partial charge in [-0.2, -0.15) is 0 Å². The van der Waals surface area contributed by atoms with Crippen LogP contribution in [0.4, 0.5) is 4.79 Å². The zero-order valence-electron chi connectivity index (χ0n) is 15.2. The van der Waals surface area contributed by atoms with Crippen molar-refractivity contribution < 1.29 is 19.1 Å². The highest BCUT2D eigenvalue weighted by Crippen LogP contribution is 2.22. The standard InChI is InChI=1S/C19H29NO4/c1-14-6-5-7-15(12-14)13-23-17(21)16-8-10-20(11-9-16)18(22)24-19(2,3)4/h5,7,12,14,16H,6,8-11,13H2,1-4H3. The first kappa shape index (κ1) is 18.6. The molecule has 1 atom stereocenters. The lowest BCUT2D eigenvalue weighted by molar-refractivity contribution is -0.149.